The Hall–Kier alpha value is -3.57. The van der Waals surface area contributed by atoms with Crippen molar-refractivity contribution in [2.45, 2.75) is 12.3 Å². The number of carbonyl (C=O) groups excluding carboxylic acids is 1. The molecule has 2 aliphatic rings. The lowest BCUT2D eigenvalue weighted by Gasteiger charge is -2.32. The molecule has 4 rings (SSSR count). The molecule has 3 heterocycles. The van der Waals surface area contributed by atoms with Crippen molar-refractivity contribution in [3.63, 3.8) is 0 Å². The lowest BCUT2D eigenvalue weighted by atomic mass is 9.69. The van der Waals surface area contributed by atoms with Gasteiger partial charge in [-0.25, -0.2) is 4.79 Å². The van der Waals surface area contributed by atoms with Gasteiger partial charge in [0.05, 0.1) is 5.69 Å². The molecule has 0 radical (unpaired) electrons. The lowest BCUT2D eigenvalue weighted by Crippen LogP contribution is -2.48. The van der Waals surface area contributed by atoms with E-state index >= 15 is 0 Å². The first-order chi connectivity index (χ1) is 12.5. The average Bonchev–Trinajstić information content (AvgIpc) is 2.84. The second-order valence-electron chi connectivity index (χ2n) is 5.98. The van der Waals surface area contributed by atoms with Gasteiger partial charge >= 0.3 is 5.63 Å². The molecular formula is C18H13N3O5. The maximum Gasteiger partial charge on any atom is 0.344 e. The molecule has 0 saturated heterocycles. The summed E-state index contributed by atoms with van der Waals surface area (Å²) >= 11 is 0. The predicted molar refractivity (Wildman–Crippen MR) is 89.0 cm³/mol. The van der Waals surface area contributed by atoms with Crippen LogP contribution in [0.5, 0.6) is 5.75 Å². The van der Waals surface area contributed by atoms with Crippen molar-refractivity contribution in [3.8, 4) is 11.8 Å². The van der Waals surface area contributed by atoms with Crippen LogP contribution < -0.4 is 21.0 Å². The molecule has 8 heteroatoms. The van der Waals surface area contributed by atoms with Gasteiger partial charge in [-0.05, 0) is 13.0 Å². The van der Waals surface area contributed by atoms with E-state index in [1.165, 1.54) is 6.07 Å². The van der Waals surface area contributed by atoms with Gasteiger partial charge in [0, 0.05) is 11.6 Å². The number of amides is 1. The molecule has 8 nitrogen and oxygen atoms in total. The second kappa shape index (κ2) is 5.21. The Morgan fingerprint density at radius 2 is 2.08 bits per heavy atom. The highest BCUT2D eigenvalue weighted by Crippen LogP contribution is 2.53. The van der Waals surface area contributed by atoms with Crippen LogP contribution in [0.25, 0.3) is 0 Å². The Morgan fingerprint density at radius 3 is 2.77 bits per heavy atom. The molecule has 2 aromatic rings. The molecule has 1 unspecified atom stereocenters. The lowest BCUT2D eigenvalue weighted by molar-refractivity contribution is -0.121. The van der Waals surface area contributed by atoms with Crippen molar-refractivity contribution in [1.29, 1.82) is 5.26 Å². The maximum atomic E-state index is 13.4. The molecule has 1 aromatic heterocycles. The molecule has 1 amide bonds. The summed E-state index contributed by atoms with van der Waals surface area (Å²) in [6.07, 6.45) is 0. The molecule has 1 spiro atoms. The summed E-state index contributed by atoms with van der Waals surface area (Å²) in [7, 11) is 0. The van der Waals surface area contributed by atoms with Gasteiger partial charge in [0.2, 0.25) is 11.8 Å². The van der Waals surface area contributed by atoms with Crippen LogP contribution in [-0.2, 0) is 10.2 Å². The highest BCUT2D eigenvalue weighted by Gasteiger charge is 2.60. The quantitative estimate of drug-likeness (QED) is 0.770. The summed E-state index contributed by atoms with van der Waals surface area (Å²) in [5, 5.41) is 19.5. The molecule has 3 N–H and O–H groups in total. The topological polar surface area (TPSA) is 130 Å². The molecule has 0 aliphatic carbocycles. The van der Waals surface area contributed by atoms with Gasteiger partial charge in [-0.1, -0.05) is 18.2 Å². The van der Waals surface area contributed by atoms with Gasteiger partial charge in [-0.2, -0.15) is 5.26 Å². The number of ether oxygens (including phenoxy) is 1. The number of fused-ring (bicyclic) bond motifs is 4. The first-order valence-electron chi connectivity index (χ1n) is 7.72. The second-order valence-corrected chi connectivity index (χ2v) is 5.98. The molecule has 26 heavy (non-hydrogen) atoms. The Labute approximate surface area is 147 Å². The number of hydrogen-bond donors (Lipinski definition) is 2. The summed E-state index contributed by atoms with van der Waals surface area (Å²) in [6, 6.07) is 9.94. The Morgan fingerprint density at radius 1 is 1.35 bits per heavy atom. The number of nitrogens with two attached hydrogens (primary N) is 1. The third-order valence-corrected chi connectivity index (χ3v) is 4.67. The molecule has 0 bridgehead atoms. The summed E-state index contributed by atoms with van der Waals surface area (Å²) in [4.78, 5) is 27.2. The third kappa shape index (κ3) is 1.70. The monoisotopic (exact) mass is 351 g/mol. The van der Waals surface area contributed by atoms with Gasteiger partial charge in [0.25, 0.3) is 0 Å². The van der Waals surface area contributed by atoms with Crippen molar-refractivity contribution in [3.05, 3.63) is 69.1 Å². The van der Waals surface area contributed by atoms with Crippen molar-refractivity contribution in [1.82, 2.24) is 0 Å². The predicted octanol–water partition coefficient (Wildman–Crippen LogP) is 0.617. The first-order valence-corrected chi connectivity index (χ1v) is 7.72. The Kier molecular flexibility index (Phi) is 3.19. The minimum Gasteiger partial charge on any atom is -0.440 e. The van der Waals surface area contributed by atoms with E-state index < -0.39 is 23.7 Å². The first kappa shape index (κ1) is 15.9. The summed E-state index contributed by atoms with van der Waals surface area (Å²) < 4.78 is 10.6. The fourth-order valence-corrected chi connectivity index (χ4v) is 3.70. The minimum atomic E-state index is -1.82. The number of rotatable bonds is 1. The van der Waals surface area contributed by atoms with Crippen molar-refractivity contribution in [2.75, 3.05) is 11.6 Å². The van der Waals surface area contributed by atoms with E-state index in [-0.39, 0.29) is 28.5 Å². The molecular weight excluding hydrogens is 338 g/mol. The fourth-order valence-electron chi connectivity index (χ4n) is 3.70. The van der Waals surface area contributed by atoms with Crippen LogP contribution in [0.1, 0.15) is 16.9 Å². The van der Waals surface area contributed by atoms with Crippen molar-refractivity contribution in [2.24, 2.45) is 5.73 Å². The van der Waals surface area contributed by atoms with Crippen LogP contribution in [0.3, 0.4) is 0 Å². The average molecular weight is 351 g/mol. The van der Waals surface area contributed by atoms with E-state index in [4.69, 9.17) is 14.9 Å². The smallest absolute Gasteiger partial charge is 0.344 e. The van der Waals surface area contributed by atoms with E-state index in [1.807, 2.05) is 6.07 Å². The largest absolute Gasteiger partial charge is 0.440 e. The minimum absolute atomic E-state index is 0.0539. The number of benzene rings is 1. The maximum absolute atomic E-state index is 13.4. The van der Waals surface area contributed by atoms with Crippen LogP contribution in [0, 0.1) is 18.3 Å². The number of nitriles is 1. The zero-order valence-corrected chi connectivity index (χ0v) is 13.6. The zero-order chi connectivity index (χ0) is 18.6. The molecule has 0 saturated carbocycles. The SMILES string of the molecule is Cc1cc2c(c(=O)o1)C1(C(=O)N(CO)c3ccccc31)C(C#N)=C(N)O2. The van der Waals surface area contributed by atoms with Crippen LogP contribution in [-0.4, -0.2) is 17.7 Å². The van der Waals surface area contributed by atoms with Crippen LogP contribution in [0.15, 0.2) is 51.0 Å². The van der Waals surface area contributed by atoms with Gasteiger partial charge in [0.1, 0.15) is 35.4 Å². The summed E-state index contributed by atoms with van der Waals surface area (Å²) in [6.45, 7) is 0.936. The van der Waals surface area contributed by atoms with E-state index in [0.29, 0.717) is 11.3 Å². The number of para-hydroxylation sites is 1. The summed E-state index contributed by atoms with van der Waals surface area (Å²) in [5.74, 6) is -0.609. The third-order valence-electron chi connectivity index (χ3n) is 4.67. The number of carbonyl (C=O) groups is 1. The zero-order valence-electron chi connectivity index (χ0n) is 13.6. The number of aliphatic hydroxyl groups excluding tert-OH is 1. The van der Waals surface area contributed by atoms with E-state index in [2.05, 4.69) is 0 Å². The highest BCUT2D eigenvalue weighted by molar-refractivity contribution is 6.14. The molecule has 0 fully saturated rings. The summed E-state index contributed by atoms with van der Waals surface area (Å²) in [5.41, 5.74) is 3.72. The normalized spacial score (nSPS) is 20.7. The number of hydrogen-bond acceptors (Lipinski definition) is 7. The fraction of sp³-hybridized carbons (Fsp3) is 0.167. The molecule has 1 aromatic carbocycles. The molecule has 130 valence electrons. The van der Waals surface area contributed by atoms with Crippen LogP contribution in [0.4, 0.5) is 5.69 Å². The van der Waals surface area contributed by atoms with Gasteiger partial charge in [0.15, 0.2) is 5.41 Å². The number of aryl methyl sites for hydroxylation is 1. The highest BCUT2D eigenvalue weighted by atomic mass is 16.5. The Bertz CT molecular complexity index is 1090. The van der Waals surface area contributed by atoms with E-state index in [1.54, 1.807) is 31.2 Å². The van der Waals surface area contributed by atoms with Crippen LogP contribution in [0.2, 0.25) is 0 Å². The number of anilines is 1. The molecule has 1 atom stereocenters. The van der Waals surface area contributed by atoms with E-state index in [9.17, 15) is 20.0 Å². The van der Waals surface area contributed by atoms with Gasteiger partial charge < -0.3 is 20.0 Å². The standard InChI is InChI=1S/C18H13N3O5/c1-9-6-13-14(16(23)25-9)18(11(7-19)15(20)26-13)10-4-2-3-5-12(10)21(8-22)17(18)24/h2-6,22H,8,20H2,1H3. The number of aliphatic hydroxyl groups is 1. The Balaban J connectivity index is 2.22. The van der Waals surface area contributed by atoms with Gasteiger partial charge in [-0.3, -0.25) is 9.69 Å². The van der Waals surface area contributed by atoms with Gasteiger partial charge in [-0.15, -0.1) is 0 Å². The number of nitrogens with zero attached hydrogens (tertiary/aromatic N) is 2. The van der Waals surface area contributed by atoms with E-state index in [0.717, 1.165) is 4.90 Å². The van der Waals surface area contributed by atoms with Crippen molar-refractivity contribution >= 4 is 11.6 Å². The van der Waals surface area contributed by atoms with Crippen molar-refractivity contribution < 1.29 is 19.1 Å². The molecule has 2 aliphatic heterocycles. The van der Waals surface area contributed by atoms with Crippen LogP contribution >= 0.6 is 0 Å².